The summed E-state index contributed by atoms with van der Waals surface area (Å²) in [7, 11) is 0. The third-order valence-electron chi connectivity index (χ3n) is 3.91. The summed E-state index contributed by atoms with van der Waals surface area (Å²) in [6.45, 7) is 0. The molecule has 0 saturated heterocycles. The molecule has 0 N–H and O–H groups in total. The van der Waals surface area contributed by atoms with Crippen molar-refractivity contribution in [3.63, 3.8) is 0 Å². The quantitative estimate of drug-likeness (QED) is 0.403. The number of rotatable bonds is 4. The predicted molar refractivity (Wildman–Crippen MR) is 98.6 cm³/mol. The molecule has 4 rings (SSSR count). The molecule has 0 aliphatic carbocycles. The van der Waals surface area contributed by atoms with Crippen molar-refractivity contribution in [2.75, 3.05) is 0 Å². The van der Waals surface area contributed by atoms with Crippen LogP contribution in [0.5, 0.6) is 11.5 Å². The molecule has 0 unspecified atom stereocenters. The van der Waals surface area contributed by atoms with E-state index < -0.39 is 0 Å². The van der Waals surface area contributed by atoms with E-state index in [1.54, 1.807) is 24.3 Å². The van der Waals surface area contributed by atoms with Gasteiger partial charge in [0.25, 0.3) is 0 Å². The van der Waals surface area contributed by atoms with Crippen LogP contribution in [0.15, 0.2) is 77.2 Å². The van der Waals surface area contributed by atoms with E-state index in [1.807, 2.05) is 42.5 Å². The van der Waals surface area contributed by atoms with Crippen LogP contribution in [0.4, 0.5) is 0 Å². The van der Waals surface area contributed by atoms with Crippen molar-refractivity contribution in [2.45, 2.75) is 0 Å². The van der Waals surface area contributed by atoms with Gasteiger partial charge in [-0.2, -0.15) is 0 Å². The van der Waals surface area contributed by atoms with Gasteiger partial charge in [-0.3, -0.25) is 4.79 Å². The molecular formula is C21H13ClO3. The molecule has 1 heterocycles. The maximum atomic E-state index is 10.7. The number of halogens is 1. The van der Waals surface area contributed by atoms with Crippen LogP contribution in [-0.4, -0.2) is 6.29 Å². The second kappa shape index (κ2) is 6.46. The monoisotopic (exact) mass is 348 g/mol. The van der Waals surface area contributed by atoms with Crippen LogP contribution in [0.3, 0.4) is 0 Å². The number of hydrogen-bond donors (Lipinski definition) is 0. The van der Waals surface area contributed by atoms with Crippen LogP contribution >= 0.6 is 11.6 Å². The molecule has 25 heavy (non-hydrogen) atoms. The lowest BCUT2D eigenvalue weighted by Gasteiger charge is -2.09. The van der Waals surface area contributed by atoms with E-state index in [9.17, 15) is 4.79 Å². The van der Waals surface area contributed by atoms with E-state index in [4.69, 9.17) is 20.8 Å². The molecule has 1 aromatic heterocycles. The van der Waals surface area contributed by atoms with Crippen LogP contribution in [0.25, 0.3) is 22.1 Å². The molecule has 122 valence electrons. The second-order valence-corrected chi connectivity index (χ2v) is 5.98. The Bertz CT molecular complexity index is 1070. The van der Waals surface area contributed by atoms with Crippen molar-refractivity contribution >= 4 is 28.7 Å². The van der Waals surface area contributed by atoms with Crippen molar-refractivity contribution in [1.29, 1.82) is 0 Å². The number of hydrogen-bond acceptors (Lipinski definition) is 3. The first-order valence-corrected chi connectivity index (χ1v) is 8.12. The highest BCUT2D eigenvalue weighted by Crippen LogP contribution is 2.34. The molecule has 0 bridgehead atoms. The molecule has 0 atom stereocenters. The van der Waals surface area contributed by atoms with Crippen LogP contribution in [0, 0.1) is 0 Å². The highest BCUT2D eigenvalue weighted by Gasteiger charge is 2.09. The summed E-state index contributed by atoms with van der Waals surface area (Å²) in [6, 6.07) is 22.7. The molecule has 0 amide bonds. The fourth-order valence-corrected chi connectivity index (χ4v) is 2.89. The fourth-order valence-electron chi connectivity index (χ4n) is 2.67. The zero-order valence-electron chi connectivity index (χ0n) is 13.1. The Labute approximate surface area is 149 Å². The maximum absolute atomic E-state index is 10.7. The summed E-state index contributed by atoms with van der Waals surface area (Å²) in [5.41, 5.74) is 0.781. The number of aldehydes is 1. The molecule has 0 fully saturated rings. The zero-order chi connectivity index (χ0) is 17.2. The van der Waals surface area contributed by atoms with Crippen LogP contribution in [0.2, 0.25) is 5.02 Å². The van der Waals surface area contributed by atoms with E-state index in [0.29, 0.717) is 22.8 Å². The smallest absolute Gasteiger partial charge is 0.185 e. The molecule has 3 nitrogen and oxygen atoms in total. The van der Waals surface area contributed by atoms with Gasteiger partial charge in [-0.25, -0.2) is 0 Å². The van der Waals surface area contributed by atoms with Gasteiger partial charge in [0.15, 0.2) is 12.0 Å². The topological polar surface area (TPSA) is 39.4 Å². The van der Waals surface area contributed by atoms with Gasteiger partial charge in [0.05, 0.1) is 5.02 Å². The van der Waals surface area contributed by atoms with E-state index in [0.717, 1.165) is 22.1 Å². The van der Waals surface area contributed by atoms with Crippen LogP contribution in [0.1, 0.15) is 10.6 Å². The minimum absolute atomic E-state index is 0.280. The molecule has 0 saturated carbocycles. The Balaban J connectivity index is 1.62. The molecule has 0 spiro atoms. The first-order valence-electron chi connectivity index (χ1n) is 7.74. The largest absolute Gasteiger partial charge is 0.456 e. The number of carbonyl (C=O) groups is 1. The summed E-state index contributed by atoms with van der Waals surface area (Å²) in [5.74, 6) is 2.14. The summed E-state index contributed by atoms with van der Waals surface area (Å²) in [4.78, 5) is 10.7. The highest BCUT2D eigenvalue weighted by molar-refractivity contribution is 6.32. The lowest BCUT2D eigenvalue weighted by molar-refractivity contribution is 0.110. The summed E-state index contributed by atoms with van der Waals surface area (Å²) in [5, 5.41) is 2.72. The van der Waals surface area contributed by atoms with Gasteiger partial charge in [-0.15, -0.1) is 0 Å². The van der Waals surface area contributed by atoms with E-state index in [-0.39, 0.29) is 5.76 Å². The minimum Gasteiger partial charge on any atom is -0.456 e. The Hall–Kier alpha value is -3.04. The van der Waals surface area contributed by atoms with Crippen LogP contribution in [-0.2, 0) is 0 Å². The lowest BCUT2D eigenvalue weighted by atomic mass is 10.1. The van der Waals surface area contributed by atoms with Gasteiger partial charge in [-0.1, -0.05) is 41.9 Å². The number of ether oxygens (including phenoxy) is 1. The van der Waals surface area contributed by atoms with Crippen molar-refractivity contribution in [1.82, 2.24) is 0 Å². The summed E-state index contributed by atoms with van der Waals surface area (Å²) in [6.07, 6.45) is 0.669. The van der Waals surface area contributed by atoms with Crippen molar-refractivity contribution < 1.29 is 13.9 Å². The van der Waals surface area contributed by atoms with Crippen molar-refractivity contribution in [3.05, 3.63) is 83.6 Å². The van der Waals surface area contributed by atoms with Gasteiger partial charge in [0.2, 0.25) is 0 Å². The summed E-state index contributed by atoms with van der Waals surface area (Å²) < 4.78 is 11.3. The van der Waals surface area contributed by atoms with Crippen LogP contribution < -0.4 is 4.74 Å². The standard InChI is InChI=1S/C21H13ClO3/c22-19-12-16(20-10-8-18(13-23)25-20)6-9-21(19)24-17-7-5-14-3-1-2-4-15(14)11-17/h1-13H. The van der Waals surface area contributed by atoms with Gasteiger partial charge in [-0.05, 0) is 53.2 Å². The molecule has 4 aromatic rings. The molecule has 0 radical (unpaired) electrons. The third kappa shape index (κ3) is 3.14. The zero-order valence-corrected chi connectivity index (χ0v) is 13.9. The number of fused-ring (bicyclic) bond motifs is 1. The molecule has 0 aliphatic heterocycles. The average molecular weight is 349 g/mol. The lowest BCUT2D eigenvalue weighted by Crippen LogP contribution is -1.86. The molecule has 4 heteroatoms. The third-order valence-corrected chi connectivity index (χ3v) is 4.20. The van der Waals surface area contributed by atoms with E-state index in [2.05, 4.69) is 6.07 Å². The Morgan fingerprint density at radius 3 is 2.48 bits per heavy atom. The van der Waals surface area contributed by atoms with Gasteiger partial charge in [0.1, 0.15) is 17.3 Å². The van der Waals surface area contributed by atoms with Gasteiger partial charge < -0.3 is 9.15 Å². The Morgan fingerprint density at radius 1 is 0.880 bits per heavy atom. The second-order valence-electron chi connectivity index (χ2n) is 5.58. The highest BCUT2D eigenvalue weighted by atomic mass is 35.5. The fraction of sp³-hybridized carbons (Fsp3) is 0. The van der Waals surface area contributed by atoms with Crippen molar-refractivity contribution in [2.24, 2.45) is 0 Å². The molecule has 3 aromatic carbocycles. The maximum Gasteiger partial charge on any atom is 0.185 e. The first-order chi connectivity index (χ1) is 12.2. The number of carbonyl (C=O) groups excluding carboxylic acids is 1. The van der Waals surface area contributed by atoms with E-state index in [1.165, 1.54) is 0 Å². The van der Waals surface area contributed by atoms with E-state index >= 15 is 0 Å². The van der Waals surface area contributed by atoms with Gasteiger partial charge in [0, 0.05) is 5.56 Å². The molecule has 0 aliphatic rings. The summed E-state index contributed by atoms with van der Waals surface area (Å²) >= 11 is 6.35. The number of furan rings is 1. The predicted octanol–water partition coefficient (Wildman–Crippen LogP) is 6.36. The first kappa shape index (κ1) is 15.5. The van der Waals surface area contributed by atoms with Gasteiger partial charge >= 0.3 is 0 Å². The average Bonchev–Trinajstić information content (AvgIpc) is 3.12. The molecular weight excluding hydrogens is 336 g/mol. The SMILES string of the molecule is O=Cc1ccc(-c2ccc(Oc3ccc4ccccc4c3)c(Cl)c2)o1. The van der Waals surface area contributed by atoms with Crippen molar-refractivity contribution in [3.8, 4) is 22.8 Å². The Kier molecular flexibility index (Phi) is 4.00. The Morgan fingerprint density at radius 2 is 1.72 bits per heavy atom. The minimum atomic E-state index is 0.280. The number of benzene rings is 3. The normalized spacial score (nSPS) is 10.8.